The van der Waals surface area contributed by atoms with Crippen molar-refractivity contribution in [3.8, 4) is 56.3 Å². The standard InChI is InChI=1S/C33H27N7.C28H24N8.C2H6/c1-4-22(17-25(5-2)36-21(3)23-9-7-6-8-10-23)28-11-12-29-32(38-28)33(40-39-29)30-18-26-27(19-35-20-31(26)37-30)24-13-15-34-16-14-24;1-2-10-36(9-1)17-18-11-20(14-30-13-18)23-3-4-24-27(33-23)28(35-34-24)25-12-21-22(15-31-16-26(21)32-25)19-5-7-29-8-6-19;1-2/h4-20,36-37H,2-3H2,1H3,(H,39,40);3-8,11-16,32H,1-2,9-10,17H2,(H,34,35);1-2H3/b22-4+,25-17+;;. The van der Waals surface area contributed by atoms with Gasteiger partial charge in [-0.2, -0.15) is 10.2 Å². The molecular weight excluding hydrogens is 967 g/mol. The van der Waals surface area contributed by atoms with E-state index in [2.05, 4.69) is 96.9 Å². The molecule has 15 nitrogen and oxygen atoms in total. The molecule has 384 valence electrons. The normalized spacial score (nSPS) is 12.9. The van der Waals surface area contributed by atoms with Gasteiger partial charge in [-0.05, 0) is 140 Å². The Bertz CT molecular complexity index is 4120. The number of aromatic amines is 4. The molecule has 0 saturated carbocycles. The minimum atomic E-state index is 0.743. The first kappa shape index (κ1) is 50.2. The lowest BCUT2D eigenvalue weighted by atomic mass is 10.1. The zero-order valence-electron chi connectivity index (χ0n) is 43.7. The Kier molecular flexibility index (Phi) is 14.7. The number of nitrogens with zero attached hydrogens (tertiary/aromatic N) is 10. The number of pyridine rings is 7. The summed E-state index contributed by atoms with van der Waals surface area (Å²) >= 11 is 0. The van der Waals surface area contributed by atoms with Gasteiger partial charge >= 0.3 is 0 Å². The maximum Gasteiger partial charge on any atom is 0.135 e. The predicted octanol–water partition coefficient (Wildman–Crippen LogP) is 13.5. The van der Waals surface area contributed by atoms with Gasteiger partial charge in [0.15, 0.2) is 0 Å². The fourth-order valence-corrected chi connectivity index (χ4v) is 9.79. The van der Waals surface area contributed by atoms with Gasteiger partial charge < -0.3 is 15.3 Å². The third-order valence-corrected chi connectivity index (χ3v) is 13.7. The Labute approximate surface area is 451 Å². The quantitative estimate of drug-likeness (QED) is 0.0690. The smallest absolute Gasteiger partial charge is 0.135 e. The van der Waals surface area contributed by atoms with Crippen LogP contribution in [0.15, 0.2) is 196 Å². The van der Waals surface area contributed by atoms with Crippen LogP contribution in [0.1, 0.15) is 50.4 Å². The van der Waals surface area contributed by atoms with E-state index in [4.69, 9.17) is 9.97 Å². The molecule has 0 unspecified atom stereocenters. The van der Waals surface area contributed by atoms with Gasteiger partial charge in [-0.1, -0.05) is 63.4 Å². The van der Waals surface area contributed by atoms with Gasteiger partial charge in [-0.3, -0.25) is 40.0 Å². The average molecular weight is 1020 g/mol. The highest BCUT2D eigenvalue weighted by atomic mass is 15.1. The van der Waals surface area contributed by atoms with Crippen LogP contribution in [0.5, 0.6) is 0 Å². The van der Waals surface area contributed by atoms with E-state index in [9.17, 15) is 0 Å². The summed E-state index contributed by atoms with van der Waals surface area (Å²) in [6, 6.07) is 32.4. The zero-order valence-corrected chi connectivity index (χ0v) is 43.7. The summed E-state index contributed by atoms with van der Waals surface area (Å²) in [5, 5.41) is 21.0. The fourth-order valence-electron chi connectivity index (χ4n) is 9.79. The lowest BCUT2D eigenvalue weighted by molar-refractivity contribution is 0.331. The van der Waals surface area contributed by atoms with E-state index >= 15 is 0 Å². The van der Waals surface area contributed by atoms with Crippen LogP contribution < -0.4 is 5.32 Å². The van der Waals surface area contributed by atoms with E-state index < -0.39 is 0 Å². The minimum Gasteiger partial charge on any atom is -0.356 e. The van der Waals surface area contributed by atoms with Crippen LogP contribution in [-0.4, -0.2) is 83.2 Å². The third-order valence-electron chi connectivity index (χ3n) is 13.7. The van der Waals surface area contributed by atoms with Crippen LogP contribution in [-0.2, 0) is 6.54 Å². The maximum absolute atomic E-state index is 5.02. The highest BCUT2D eigenvalue weighted by Crippen LogP contribution is 2.36. The average Bonchev–Trinajstić information content (AvgIpc) is 4.38. The fraction of sp³-hybridized carbons (Fsp3) is 0.127. The van der Waals surface area contributed by atoms with Gasteiger partial charge in [0.25, 0.3) is 0 Å². The number of hydrogen-bond acceptors (Lipinski definition) is 11. The topological polar surface area (TPSA) is 194 Å². The van der Waals surface area contributed by atoms with Crippen LogP contribution in [0.3, 0.4) is 0 Å². The molecule has 1 aliphatic heterocycles. The lowest BCUT2D eigenvalue weighted by Crippen LogP contribution is -2.18. The molecule has 0 bridgehead atoms. The molecule has 15 heteroatoms. The SMILES string of the molecule is C=C/C(=C\C(=C/C)c1ccc2[nH]nc(-c3cc4c(-c5ccncc5)cncc4[nH]3)c2n1)NC(=C)c1ccccc1.CC.c1cc(-c2cncc3[nH]c(-c4n[nH]c5ccc(-c6cncc(CN7CCCC7)c6)nc45)cc23)ccn1. The summed E-state index contributed by atoms with van der Waals surface area (Å²) in [7, 11) is 0. The van der Waals surface area contributed by atoms with Crippen LogP contribution in [0.2, 0.25) is 0 Å². The summed E-state index contributed by atoms with van der Waals surface area (Å²) < 4.78 is 0. The zero-order chi connectivity index (χ0) is 53.4. The molecule has 5 N–H and O–H groups in total. The molecule has 78 heavy (non-hydrogen) atoms. The van der Waals surface area contributed by atoms with Crippen molar-refractivity contribution in [1.82, 2.24) is 75.5 Å². The summed E-state index contributed by atoms with van der Waals surface area (Å²) in [6.45, 7) is 17.4. The van der Waals surface area contributed by atoms with Gasteiger partial charge in [0.1, 0.15) is 22.4 Å². The van der Waals surface area contributed by atoms with Gasteiger partial charge in [0, 0.05) is 95.0 Å². The molecule has 12 heterocycles. The van der Waals surface area contributed by atoms with Gasteiger partial charge in [0.05, 0.1) is 57.2 Å². The molecule has 1 aromatic carbocycles. The van der Waals surface area contributed by atoms with Crippen LogP contribution in [0, 0.1) is 0 Å². The molecule has 1 fully saturated rings. The van der Waals surface area contributed by atoms with E-state index in [1.54, 1.807) is 30.9 Å². The molecule has 12 aromatic rings. The summed E-state index contributed by atoms with van der Waals surface area (Å²) in [5.74, 6) is 0. The Hall–Kier alpha value is -9.99. The lowest BCUT2D eigenvalue weighted by Gasteiger charge is -2.14. The summed E-state index contributed by atoms with van der Waals surface area (Å²) in [6.07, 6.45) is 26.8. The van der Waals surface area contributed by atoms with Crippen molar-refractivity contribution in [3.63, 3.8) is 0 Å². The Morgan fingerprint density at radius 3 is 1.78 bits per heavy atom. The largest absolute Gasteiger partial charge is 0.356 e. The second kappa shape index (κ2) is 22.9. The van der Waals surface area contributed by atoms with E-state index in [-0.39, 0.29) is 0 Å². The number of H-pyrrole nitrogens is 4. The molecule has 0 spiro atoms. The Morgan fingerprint density at radius 2 is 1.19 bits per heavy atom. The molecule has 1 saturated heterocycles. The van der Waals surface area contributed by atoms with E-state index in [1.165, 1.54) is 18.4 Å². The first-order valence-electron chi connectivity index (χ1n) is 26.1. The number of hydrogen-bond donors (Lipinski definition) is 5. The number of aromatic nitrogens is 13. The number of nitrogens with one attached hydrogen (secondary N) is 5. The second-order valence-electron chi connectivity index (χ2n) is 18.5. The number of likely N-dealkylation sites (tertiary alicyclic amines) is 1. The van der Waals surface area contributed by atoms with Crippen LogP contribution in [0.25, 0.3) is 111 Å². The summed E-state index contributed by atoms with van der Waals surface area (Å²) in [4.78, 5) is 41.2. The molecule has 0 atom stereocenters. The van der Waals surface area contributed by atoms with Crippen LogP contribution in [0.4, 0.5) is 0 Å². The summed E-state index contributed by atoms with van der Waals surface area (Å²) in [5.41, 5.74) is 20.2. The molecule has 1 aliphatic rings. The molecule has 13 rings (SSSR count). The van der Waals surface area contributed by atoms with Crippen molar-refractivity contribution < 1.29 is 0 Å². The number of fused-ring (bicyclic) bond motifs is 4. The van der Waals surface area contributed by atoms with Crippen molar-refractivity contribution in [2.24, 2.45) is 0 Å². The van der Waals surface area contributed by atoms with Crippen molar-refractivity contribution in [2.75, 3.05) is 13.1 Å². The maximum atomic E-state index is 5.02. The van der Waals surface area contributed by atoms with Crippen molar-refractivity contribution in [3.05, 3.63) is 213 Å². The molecule has 0 aliphatic carbocycles. The number of benzene rings is 1. The van der Waals surface area contributed by atoms with Crippen molar-refractivity contribution in [1.29, 1.82) is 0 Å². The molecule has 11 aromatic heterocycles. The molecular formula is C63H57N15. The van der Waals surface area contributed by atoms with E-state index in [1.807, 2.05) is 149 Å². The Morgan fingerprint density at radius 1 is 0.615 bits per heavy atom. The molecule has 0 radical (unpaired) electrons. The number of allylic oxidation sites excluding steroid dienone is 4. The molecule has 0 amide bonds. The predicted molar refractivity (Wildman–Crippen MR) is 314 cm³/mol. The highest BCUT2D eigenvalue weighted by Gasteiger charge is 2.19. The minimum absolute atomic E-state index is 0.743. The Balaban J connectivity index is 0.000000161. The van der Waals surface area contributed by atoms with Crippen LogP contribution >= 0.6 is 0 Å². The third kappa shape index (κ3) is 10.5. The monoisotopic (exact) mass is 1020 g/mol. The highest BCUT2D eigenvalue weighted by molar-refractivity contribution is 6.01. The van der Waals surface area contributed by atoms with E-state index in [0.29, 0.717) is 0 Å². The second-order valence-corrected chi connectivity index (χ2v) is 18.5. The van der Waals surface area contributed by atoms with Gasteiger partial charge in [-0.25, -0.2) is 9.97 Å². The van der Waals surface area contributed by atoms with Crippen molar-refractivity contribution in [2.45, 2.75) is 40.2 Å². The first-order valence-corrected chi connectivity index (χ1v) is 26.1. The van der Waals surface area contributed by atoms with Gasteiger partial charge in [0.2, 0.25) is 0 Å². The van der Waals surface area contributed by atoms with E-state index in [0.717, 1.165) is 148 Å². The number of rotatable bonds is 13. The first-order chi connectivity index (χ1) is 38.5. The van der Waals surface area contributed by atoms with Gasteiger partial charge in [-0.15, -0.1) is 0 Å². The van der Waals surface area contributed by atoms with Crippen molar-refractivity contribution >= 4 is 55.1 Å².